The Morgan fingerprint density at radius 3 is 2.30 bits per heavy atom. The lowest BCUT2D eigenvalue weighted by molar-refractivity contribution is 0.112. The number of carbonyl (C=O) groups excluding carboxylic acids is 2. The fourth-order valence-corrected chi connectivity index (χ4v) is 3.56. The number of ether oxygens (including phenoxy) is 1. The third-order valence-electron chi connectivity index (χ3n) is 5.35. The smallest absolute Gasteiger partial charge is 0.324 e. The van der Waals surface area contributed by atoms with E-state index in [2.05, 4.69) is 31.4 Å². The van der Waals surface area contributed by atoms with Gasteiger partial charge in [-0.05, 0) is 36.4 Å². The summed E-state index contributed by atoms with van der Waals surface area (Å²) in [7, 11) is 1.62. The van der Waals surface area contributed by atoms with Gasteiger partial charge in [0, 0.05) is 27.8 Å². The zero-order valence-corrected chi connectivity index (χ0v) is 19.0. The molecule has 3 aromatic carbocycles. The zero-order chi connectivity index (χ0) is 23.6. The van der Waals surface area contributed by atoms with Crippen LogP contribution in [0.4, 0.5) is 16.3 Å². The molecule has 33 heavy (non-hydrogen) atoms. The van der Waals surface area contributed by atoms with Crippen molar-refractivity contribution in [1.82, 2.24) is 9.78 Å². The Balaban J connectivity index is 1.66. The van der Waals surface area contributed by atoms with Crippen molar-refractivity contribution < 1.29 is 14.3 Å². The SMILES string of the molecule is COc1ccc(NC(=O)Nc2cc(C(C)(C)C)nn2-c2ccc(C=O)cc2)c2ccccc12. The Bertz CT molecular complexity index is 1320. The van der Waals surface area contributed by atoms with Gasteiger partial charge in [-0.1, -0.05) is 45.0 Å². The quantitative estimate of drug-likeness (QED) is 0.383. The average molecular weight is 443 g/mol. The van der Waals surface area contributed by atoms with Crippen LogP contribution in [0.25, 0.3) is 16.5 Å². The first kappa shape index (κ1) is 22.1. The van der Waals surface area contributed by atoms with E-state index in [0.717, 1.165) is 34.2 Å². The van der Waals surface area contributed by atoms with Crippen molar-refractivity contribution in [3.63, 3.8) is 0 Å². The van der Waals surface area contributed by atoms with E-state index < -0.39 is 6.03 Å². The molecule has 1 heterocycles. The van der Waals surface area contributed by atoms with E-state index in [1.807, 2.05) is 42.5 Å². The third kappa shape index (κ3) is 4.57. The Kier molecular flexibility index (Phi) is 5.87. The Morgan fingerprint density at radius 2 is 1.67 bits per heavy atom. The van der Waals surface area contributed by atoms with Crippen molar-refractivity contribution in [2.75, 3.05) is 17.7 Å². The summed E-state index contributed by atoms with van der Waals surface area (Å²) in [6.45, 7) is 6.17. The molecule has 0 radical (unpaired) electrons. The number of anilines is 2. The topological polar surface area (TPSA) is 85.2 Å². The summed E-state index contributed by atoms with van der Waals surface area (Å²) in [4.78, 5) is 24.0. The summed E-state index contributed by atoms with van der Waals surface area (Å²) in [5.41, 5.74) is 2.59. The number of carbonyl (C=O) groups is 2. The zero-order valence-electron chi connectivity index (χ0n) is 19.0. The molecule has 0 aliphatic heterocycles. The van der Waals surface area contributed by atoms with Gasteiger partial charge in [0.05, 0.1) is 24.2 Å². The normalized spacial score (nSPS) is 11.3. The molecule has 1 aromatic heterocycles. The van der Waals surface area contributed by atoms with Gasteiger partial charge in [-0.15, -0.1) is 0 Å². The number of rotatable bonds is 5. The maximum atomic E-state index is 13.0. The molecule has 0 saturated carbocycles. The number of benzene rings is 3. The van der Waals surface area contributed by atoms with Crippen molar-refractivity contribution in [2.45, 2.75) is 26.2 Å². The van der Waals surface area contributed by atoms with Crippen LogP contribution in [0.1, 0.15) is 36.8 Å². The minimum Gasteiger partial charge on any atom is -0.496 e. The molecule has 2 amide bonds. The second kappa shape index (κ2) is 8.78. The number of nitrogens with one attached hydrogen (secondary N) is 2. The lowest BCUT2D eigenvalue weighted by Crippen LogP contribution is -2.21. The summed E-state index contributed by atoms with van der Waals surface area (Å²) in [6, 6.07) is 19.9. The Labute approximate surface area is 192 Å². The van der Waals surface area contributed by atoms with Crippen LogP contribution in [-0.4, -0.2) is 29.2 Å². The lowest BCUT2D eigenvalue weighted by atomic mass is 9.92. The summed E-state index contributed by atoms with van der Waals surface area (Å²) in [5, 5.41) is 12.4. The minimum absolute atomic E-state index is 0.215. The number of nitrogens with zero attached hydrogens (tertiary/aromatic N) is 2. The highest BCUT2D eigenvalue weighted by Gasteiger charge is 2.22. The van der Waals surface area contributed by atoms with Crippen molar-refractivity contribution in [3.05, 3.63) is 78.0 Å². The predicted molar refractivity (Wildman–Crippen MR) is 131 cm³/mol. The van der Waals surface area contributed by atoms with E-state index in [0.29, 0.717) is 17.1 Å². The maximum absolute atomic E-state index is 13.0. The number of fused-ring (bicyclic) bond motifs is 1. The predicted octanol–water partition coefficient (Wildman–Crippen LogP) is 5.79. The van der Waals surface area contributed by atoms with Crippen LogP contribution in [0.15, 0.2) is 66.7 Å². The first-order valence-corrected chi connectivity index (χ1v) is 10.6. The van der Waals surface area contributed by atoms with Gasteiger partial charge in [0.2, 0.25) is 0 Å². The summed E-state index contributed by atoms with van der Waals surface area (Å²) < 4.78 is 7.10. The number of hydrogen-bond donors (Lipinski definition) is 2. The van der Waals surface area contributed by atoms with Crippen LogP contribution >= 0.6 is 0 Å². The molecule has 2 N–H and O–H groups in total. The van der Waals surface area contributed by atoms with Crippen LogP contribution in [0, 0.1) is 0 Å². The number of aldehydes is 1. The lowest BCUT2D eigenvalue weighted by Gasteiger charge is -2.14. The summed E-state index contributed by atoms with van der Waals surface area (Å²) >= 11 is 0. The molecule has 4 rings (SSSR count). The highest BCUT2D eigenvalue weighted by atomic mass is 16.5. The van der Waals surface area contributed by atoms with E-state index in [-0.39, 0.29) is 5.41 Å². The molecule has 0 fully saturated rings. The molecule has 0 saturated heterocycles. The first-order chi connectivity index (χ1) is 15.8. The second-order valence-electron chi connectivity index (χ2n) is 8.73. The van der Waals surface area contributed by atoms with Crippen molar-refractivity contribution in [3.8, 4) is 11.4 Å². The van der Waals surface area contributed by atoms with Crippen LogP contribution in [0.2, 0.25) is 0 Å². The van der Waals surface area contributed by atoms with E-state index in [9.17, 15) is 9.59 Å². The maximum Gasteiger partial charge on any atom is 0.324 e. The van der Waals surface area contributed by atoms with Crippen LogP contribution in [0.3, 0.4) is 0 Å². The van der Waals surface area contributed by atoms with E-state index in [4.69, 9.17) is 9.84 Å². The van der Waals surface area contributed by atoms with E-state index in [1.54, 1.807) is 36.1 Å². The summed E-state index contributed by atoms with van der Waals surface area (Å²) in [6.07, 6.45) is 0.791. The highest BCUT2D eigenvalue weighted by Crippen LogP contribution is 2.32. The summed E-state index contributed by atoms with van der Waals surface area (Å²) in [5.74, 6) is 1.26. The average Bonchev–Trinajstić information content (AvgIpc) is 3.23. The van der Waals surface area contributed by atoms with Gasteiger partial charge in [-0.3, -0.25) is 10.1 Å². The molecule has 0 aliphatic rings. The second-order valence-corrected chi connectivity index (χ2v) is 8.73. The van der Waals surface area contributed by atoms with Crippen LogP contribution < -0.4 is 15.4 Å². The minimum atomic E-state index is -0.392. The van der Waals surface area contributed by atoms with Gasteiger partial charge in [-0.25, -0.2) is 9.48 Å². The fourth-order valence-electron chi connectivity index (χ4n) is 3.56. The molecule has 0 atom stereocenters. The van der Waals surface area contributed by atoms with Gasteiger partial charge in [-0.2, -0.15) is 5.10 Å². The van der Waals surface area contributed by atoms with Gasteiger partial charge in [0.1, 0.15) is 17.9 Å². The van der Waals surface area contributed by atoms with Crippen LogP contribution in [0.5, 0.6) is 5.75 Å². The standard InChI is InChI=1S/C26H26N4O3/c1-26(2,3)23-15-24(30(29-23)18-11-9-17(16-31)10-12-18)28-25(32)27-21-13-14-22(33-4)20-8-6-5-7-19(20)21/h5-16H,1-4H3,(H2,27,28,32). The Hall–Kier alpha value is -4.13. The molecule has 0 unspecified atom stereocenters. The molecular weight excluding hydrogens is 416 g/mol. The van der Waals surface area contributed by atoms with Gasteiger partial charge < -0.3 is 10.1 Å². The molecule has 0 aliphatic carbocycles. The molecule has 168 valence electrons. The van der Waals surface area contributed by atoms with Crippen molar-refractivity contribution >= 4 is 34.6 Å². The Morgan fingerprint density at radius 1 is 0.970 bits per heavy atom. The number of aromatic nitrogens is 2. The molecule has 0 spiro atoms. The number of amides is 2. The highest BCUT2D eigenvalue weighted by molar-refractivity contribution is 6.07. The van der Waals surface area contributed by atoms with Crippen molar-refractivity contribution in [2.24, 2.45) is 0 Å². The molecular formula is C26H26N4O3. The fraction of sp³-hybridized carbons (Fsp3) is 0.192. The molecule has 7 heteroatoms. The molecule has 4 aromatic rings. The van der Waals surface area contributed by atoms with E-state index in [1.165, 1.54) is 0 Å². The monoisotopic (exact) mass is 442 g/mol. The number of hydrogen-bond acceptors (Lipinski definition) is 4. The van der Waals surface area contributed by atoms with Gasteiger partial charge in [0.25, 0.3) is 0 Å². The first-order valence-electron chi connectivity index (χ1n) is 10.6. The number of urea groups is 1. The largest absolute Gasteiger partial charge is 0.496 e. The van der Waals surface area contributed by atoms with Gasteiger partial charge in [0.15, 0.2) is 0 Å². The third-order valence-corrected chi connectivity index (χ3v) is 5.35. The number of methoxy groups -OCH3 is 1. The van der Waals surface area contributed by atoms with Crippen LogP contribution in [-0.2, 0) is 5.41 Å². The van der Waals surface area contributed by atoms with Crippen molar-refractivity contribution in [1.29, 1.82) is 0 Å². The molecule has 7 nitrogen and oxygen atoms in total. The van der Waals surface area contributed by atoms with Gasteiger partial charge >= 0.3 is 6.03 Å². The molecule has 0 bridgehead atoms. The van der Waals surface area contributed by atoms with E-state index >= 15 is 0 Å².